The van der Waals surface area contributed by atoms with E-state index in [1.807, 2.05) is 16.8 Å². The standard InChI is InChI=1S/C16H16N2O2S/c1-20-7-6-18(11-14-5-8-21-12-14)16(19)15-4-2-3-13(9-15)10-17/h2-5,8-9,12H,6-7,11H2,1H3. The average Bonchev–Trinajstić information content (AvgIpc) is 3.03. The number of carbonyl (C=O) groups excluding carboxylic acids is 1. The van der Waals surface area contributed by atoms with Crippen molar-refractivity contribution in [2.45, 2.75) is 6.54 Å². The molecule has 0 N–H and O–H groups in total. The van der Waals surface area contributed by atoms with Crippen molar-refractivity contribution in [2.75, 3.05) is 20.3 Å². The van der Waals surface area contributed by atoms with Crippen LogP contribution in [0.3, 0.4) is 0 Å². The molecule has 0 aliphatic heterocycles. The third kappa shape index (κ3) is 4.15. The van der Waals surface area contributed by atoms with Gasteiger partial charge in [0, 0.05) is 25.8 Å². The molecule has 21 heavy (non-hydrogen) atoms. The van der Waals surface area contributed by atoms with Gasteiger partial charge in [0.25, 0.3) is 5.91 Å². The van der Waals surface area contributed by atoms with E-state index in [2.05, 4.69) is 6.07 Å². The Morgan fingerprint density at radius 3 is 2.95 bits per heavy atom. The molecular formula is C16H16N2O2S. The summed E-state index contributed by atoms with van der Waals surface area (Å²) in [7, 11) is 1.61. The Morgan fingerprint density at radius 2 is 2.29 bits per heavy atom. The van der Waals surface area contributed by atoms with Crippen LogP contribution in [0.2, 0.25) is 0 Å². The number of carbonyl (C=O) groups is 1. The van der Waals surface area contributed by atoms with Crippen LogP contribution in [0.15, 0.2) is 41.1 Å². The van der Waals surface area contributed by atoms with Crippen LogP contribution in [-0.4, -0.2) is 31.1 Å². The van der Waals surface area contributed by atoms with Gasteiger partial charge in [-0.15, -0.1) is 0 Å². The van der Waals surface area contributed by atoms with Gasteiger partial charge < -0.3 is 9.64 Å². The molecule has 1 aromatic carbocycles. The molecule has 2 rings (SSSR count). The predicted molar refractivity (Wildman–Crippen MR) is 82.1 cm³/mol. The Kier molecular flexibility index (Phi) is 5.50. The number of ether oxygens (including phenoxy) is 1. The minimum atomic E-state index is -0.0876. The van der Waals surface area contributed by atoms with Crippen molar-refractivity contribution >= 4 is 17.2 Å². The van der Waals surface area contributed by atoms with Crippen molar-refractivity contribution in [3.8, 4) is 6.07 Å². The molecule has 0 saturated carbocycles. The van der Waals surface area contributed by atoms with Crippen LogP contribution < -0.4 is 0 Å². The summed E-state index contributed by atoms with van der Waals surface area (Å²) < 4.78 is 5.08. The number of nitriles is 1. The highest BCUT2D eigenvalue weighted by Gasteiger charge is 2.16. The smallest absolute Gasteiger partial charge is 0.254 e. The number of nitrogens with zero attached hydrogens (tertiary/aromatic N) is 2. The summed E-state index contributed by atoms with van der Waals surface area (Å²) in [6, 6.07) is 10.8. The number of hydrogen-bond donors (Lipinski definition) is 0. The van der Waals surface area contributed by atoms with Crippen LogP contribution in [0.1, 0.15) is 21.5 Å². The molecule has 1 amide bonds. The molecule has 1 aromatic heterocycles. The van der Waals surface area contributed by atoms with Crippen molar-refractivity contribution in [3.63, 3.8) is 0 Å². The van der Waals surface area contributed by atoms with Gasteiger partial charge in [0.15, 0.2) is 0 Å². The first kappa shape index (κ1) is 15.2. The number of amides is 1. The zero-order valence-electron chi connectivity index (χ0n) is 11.8. The zero-order valence-corrected chi connectivity index (χ0v) is 12.6. The molecule has 0 saturated heterocycles. The highest BCUT2D eigenvalue weighted by molar-refractivity contribution is 7.07. The molecule has 108 valence electrons. The molecule has 0 atom stereocenters. The lowest BCUT2D eigenvalue weighted by Gasteiger charge is -2.22. The first-order valence-electron chi connectivity index (χ1n) is 6.54. The second-order valence-corrected chi connectivity index (χ2v) is 5.32. The summed E-state index contributed by atoms with van der Waals surface area (Å²) in [5.74, 6) is -0.0876. The third-order valence-electron chi connectivity index (χ3n) is 3.04. The van der Waals surface area contributed by atoms with Crippen LogP contribution in [0, 0.1) is 11.3 Å². The maximum atomic E-state index is 12.6. The summed E-state index contributed by atoms with van der Waals surface area (Å²) in [4.78, 5) is 14.3. The Hall–Kier alpha value is -2.16. The summed E-state index contributed by atoms with van der Waals surface area (Å²) in [6.07, 6.45) is 0. The fourth-order valence-corrected chi connectivity index (χ4v) is 2.62. The highest BCUT2D eigenvalue weighted by atomic mass is 32.1. The zero-order chi connectivity index (χ0) is 15.1. The van der Waals surface area contributed by atoms with Crippen molar-refractivity contribution < 1.29 is 9.53 Å². The number of hydrogen-bond acceptors (Lipinski definition) is 4. The maximum absolute atomic E-state index is 12.6. The van der Waals surface area contributed by atoms with Gasteiger partial charge in [0.05, 0.1) is 18.2 Å². The van der Waals surface area contributed by atoms with E-state index in [1.54, 1.807) is 47.6 Å². The lowest BCUT2D eigenvalue weighted by Crippen LogP contribution is -2.33. The van der Waals surface area contributed by atoms with Gasteiger partial charge in [0.1, 0.15) is 0 Å². The Bertz CT molecular complexity index is 632. The van der Waals surface area contributed by atoms with Crippen molar-refractivity contribution in [1.82, 2.24) is 4.90 Å². The van der Waals surface area contributed by atoms with Gasteiger partial charge in [0.2, 0.25) is 0 Å². The monoisotopic (exact) mass is 300 g/mol. The summed E-state index contributed by atoms with van der Waals surface area (Å²) in [5.41, 5.74) is 2.12. The van der Waals surface area contributed by atoms with Crippen molar-refractivity contribution in [2.24, 2.45) is 0 Å². The van der Waals surface area contributed by atoms with Crippen molar-refractivity contribution in [3.05, 3.63) is 57.8 Å². The van der Waals surface area contributed by atoms with Crippen LogP contribution in [-0.2, 0) is 11.3 Å². The topological polar surface area (TPSA) is 53.3 Å². The number of benzene rings is 1. The van der Waals surface area contributed by atoms with Crippen molar-refractivity contribution in [1.29, 1.82) is 5.26 Å². The Labute approximate surface area is 128 Å². The van der Waals surface area contributed by atoms with Crippen LogP contribution >= 0.6 is 11.3 Å². The third-order valence-corrected chi connectivity index (χ3v) is 3.78. The SMILES string of the molecule is COCCN(Cc1ccsc1)C(=O)c1cccc(C#N)c1. The number of thiophene rings is 1. The Morgan fingerprint density at radius 1 is 1.43 bits per heavy atom. The van der Waals surface area contributed by atoms with E-state index in [9.17, 15) is 4.79 Å². The molecule has 0 unspecified atom stereocenters. The minimum absolute atomic E-state index is 0.0876. The summed E-state index contributed by atoms with van der Waals surface area (Å²) in [6.45, 7) is 1.54. The van der Waals surface area contributed by atoms with Crippen LogP contribution in [0.5, 0.6) is 0 Å². The molecule has 0 fully saturated rings. The summed E-state index contributed by atoms with van der Waals surface area (Å²) >= 11 is 1.61. The lowest BCUT2D eigenvalue weighted by molar-refractivity contribution is 0.0680. The van der Waals surface area contributed by atoms with Crippen LogP contribution in [0.25, 0.3) is 0 Å². The molecular weight excluding hydrogens is 284 g/mol. The average molecular weight is 300 g/mol. The second-order valence-electron chi connectivity index (χ2n) is 4.54. The molecule has 0 aliphatic rings. The van der Waals surface area contributed by atoms with Gasteiger partial charge in [-0.05, 0) is 40.6 Å². The van der Waals surface area contributed by atoms with Gasteiger partial charge in [-0.2, -0.15) is 16.6 Å². The predicted octanol–water partition coefficient (Wildman–Crippen LogP) is 2.91. The fraction of sp³-hybridized carbons (Fsp3) is 0.250. The minimum Gasteiger partial charge on any atom is -0.383 e. The molecule has 0 bridgehead atoms. The molecule has 5 heteroatoms. The largest absolute Gasteiger partial charge is 0.383 e. The first-order valence-corrected chi connectivity index (χ1v) is 7.48. The molecule has 0 spiro atoms. The molecule has 0 radical (unpaired) electrons. The van der Waals surface area contributed by atoms with Gasteiger partial charge in [-0.3, -0.25) is 4.79 Å². The van der Waals surface area contributed by atoms with Gasteiger partial charge in [-0.1, -0.05) is 6.07 Å². The van der Waals surface area contributed by atoms with E-state index >= 15 is 0 Å². The van der Waals surface area contributed by atoms with E-state index in [0.29, 0.717) is 30.8 Å². The molecule has 0 aliphatic carbocycles. The quantitative estimate of drug-likeness (QED) is 0.824. The normalized spacial score (nSPS) is 10.1. The summed E-state index contributed by atoms with van der Waals surface area (Å²) in [5, 5.41) is 13.0. The fourth-order valence-electron chi connectivity index (χ4n) is 1.96. The van der Waals surface area contributed by atoms with E-state index in [1.165, 1.54) is 0 Å². The van der Waals surface area contributed by atoms with E-state index in [0.717, 1.165) is 5.56 Å². The molecule has 4 nitrogen and oxygen atoms in total. The van der Waals surface area contributed by atoms with E-state index in [4.69, 9.17) is 10.00 Å². The number of methoxy groups -OCH3 is 1. The highest BCUT2D eigenvalue weighted by Crippen LogP contribution is 2.13. The number of rotatable bonds is 6. The second kappa shape index (κ2) is 7.58. The Balaban J connectivity index is 2.18. The lowest BCUT2D eigenvalue weighted by atomic mass is 10.1. The van der Waals surface area contributed by atoms with E-state index < -0.39 is 0 Å². The van der Waals surface area contributed by atoms with Gasteiger partial charge >= 0.3 is 0 Å². The van der Waals surface area contributed by atoms with E-state index in [-0.39, 0.29) is 5.91 Å². The first-order chi connectivity index (χ1) is 10.2. The van der Waals surface area contributed by atoms with Crippen LogP contribution in [0.4, 0.5) is 0 Å². The molecule has 2 aromatic rings. The van der Waals surface area contributed by atoms with Gasteiger partial charge in [-0.25, -0.2) is 0 Å². The maximum Gasteiger partial charge on any atom is 0.254 e. The molecule has 1 heterocycles.